The van der Waals surface area contributed by atoms with Crippen molar-refractivity contribution in [1.29, 1.82) is 0 Å². The summed E-state index contributed by atoms with van der Waals surface area (Å²) in [6.07, 6.45) is 4.13. The average Bonchev–Trinajstić information content (AvgIpc) is 3.17. The lowest BCUT2D eigenvalue weighted by molar-refractivity contribution is 0.100. The third-order valence-corrected chi connectivity index (χ3v) is 5.96. The summed E-state index contributed by atoms with van der Waals surface area (Å²) >= 11 is 0. The molecule has 0 amide bonds. The number of anilines is 1. The third-order valence-electron chi connectivity index (χ3n) is 5.96. The number of carbonyl (C=O) groups is 1. The molecule has 5 heteroatoms. The molecular weight excluding hydrogens is 412 g/mol. The van der Waals surface area contributed by atoms with Crippen LogP contribution in [0.2, 0.25) is 0 Å². The van der Waals surface area contributed by atoms with Gasteiger partial charge in [-0.1, -0.05) is 61.0 Å². The number of aliphatic imine (C=N–C) groups is 1. The number of rotatable bonds is 7. The summed E-state index contributed by atoms with van der Waals surface area (Å²) in [6, 6.07) is 23.7. The smallest absolute Gasteiger partial charge is 0.182 e. The molecule has 0 atom stereocenters. The maximum Gasteiger partial charge on any atom is 0.182 e. The first-order chi connectivity index (χ1) is 16.2. The zero-order valence-electron chi connectivity index (χ0n) is 19.3. The first kappa shape index (κ1) is 22.6. The third kappa shape index (κ3) is 5.43. The molecule has 0 radical (unpaired) electrons. The molecule has 0 saturated carbocycles. The Kier molecular flexibility index (Phi) is 7.40. The van der Waals surface area contributed by atoms with Crippen molar-refractivity contribution in [2.45, 2.75) is 25.7 Å². The number of hydrogen-bond donors (Lipinski definition) is 0. The Morgan fingerprint density at radius 2 is 1.64 bits per heavy atom. The summed E-state index contributed by atoms with van der Waals surface area (Å²) in [7, 11) is 3.26. The minimum atomic E-state index is 0.0411. The number of ether oxygens (including phenoxy) is 2. The fourth-order valence-electron chi connectivity index (χ4n) is 4.12. The highest BCUT2D eigenvalue weighted by Crippen LogP contribution is 2.34. The largest absolute Gasteiger partial charge is 0.497 e. The number of Topliss-reactive ketones (excluding diaryl/α,β-unsaturated/α-hetero) is 1. The van der Waals surface area contributed by atoms with Crippen LogP contribution in [0.25, 0.3) is 11.1 Å². The van der Waals surface area contributed by atoms with Gasteiger partial charge in [0, 0.05) is 24.6 Å². The molecular formula is C28H30N2O3. The fraction of sp³-hybridized carbons (Fsp3) is 0.286. The summed E-state index contributed by atoms with van der Waals surface area (Å²) in [5.74, 6) is 2.35. The molecule has 0 saturated heterocycles. The molecule has 0 N–H and O–H groups in total. The van der Waals surface area contributed by atoms with Crippen LogP contribution in [0.15, 0.2) is 77.8 Å². The molecule has 1 heterocycles. The van der Waals surface area contributed by atoms with Crippen LogP contribution in [0.5, 0.6) is 11.5 Å². The molecule has 4 rings (SSSR count). The van der Waals surface area contributed by atoms with E-state index in [1.807, 2.05) is 65.6 Å². The number of carbonyl (C=O) groups excluding carboxylic acids is 1. The van der Waals surface area contributed by atoms with E-state index in [0.717, 1.165) is 54.9 Å². The van der Waals surface area contributed by atoms with Gasteiger partial charge in [0.05, 0.1) is 26.5 Å². The minimum Gasteiger partial charge on any atom is -0.497 e. The van der Waals surface area contributed by atoms with Gasteiger partial charge >= 0.3 is 0 Å². The molecule has 3 aromatic carbocycles. The molecule has 1 aliphatic heterocycles. The van der Waals surface area contributed by atoms with Crippen molar-refractivity contribution in [2.75, 3.05) is 32.2 Å². The highest BCUT2D eigenvalue weighted by molar-refractivity contribution is 6.08. The van der Waals surface area contributed by atoms with Crippen LogP contribution in [0, 0.1) is 0 Å². The number of methoxy groups -OCH3 is 2. The molecule has 170 valence electrons. The highest BCUT2D eigenvalue weighted by atomic mass is 16.5. The zero-order chi connectivity index (χ0) is 23.0. The Labute approximate surface area is 195 Å². The number of hydrogen-bond acceptors (Lipinski definition) is 5. The molecule has 33 heavy (non-hydrogen) atoms. The van der Waals surface area contributed by atoms with Crippen LogP contribution in [0.1, 0.15) is 36.0 Å². The van der Waals surface area contributed by atoms with Gasteiger partial charge in [-0.05, 0) is 36.1 Å². The Balaban J connectivity index is 1.63. The Bertz CT molecular complexity index is 1110. The standard InChI is InChI=1S/C28H30N2O3/c1-32-24-16-17-25(27(19-24)33-2)30(28-11-7-4-8-18-29-28)20-26(31)23-14-12-22(13-15-23)21-9-5-3-6-10-21/h3,5-6,9-10,12-17,19H,4,7-8,11,18,20H2,1-2H3. The quantitative estimate of drug-likeness (QED) is 0.419. The Morgan fingerprint density at radius 3 is 2.36 bits per heavy atom. The molecule has 0 unspecified atom stereocenters. The number of amidine groups is 1. The molecule has 0 fully saturated rings. The van der Waals surface area contributed by atoms with Crippen molar-refractivity contribution in [3.8, 4) is 22.6 Å². The second-order valence-electron chi connectivity index (χ2n) is 8.10. The van der Waals surface area contributed by atoms with Crippen LogP contribution in [-0.4, -0.2) is 38.9 Å². The summed E-state index contributed by atoms with van der Waals surface area (Å²) in [4.78, 5) is 20.2. The second-order valence-corrected chi connectivity index (χ2v) is 8.10. The van der Waals surface area contributed by atoms with Gasteiger partial charge in [0.2, 0.25) is 0 Å². The van der Waals surface area contributed by atoms with Gasteiger partial charge in [0.25, 0.3) is 0 Å². The summed E-state index contributed by atoms with van der Waals surface area (Å²) in [5.41, 5.74) is 3.73. The Morgan fingerprint density at radius 1 is 0.879 bits per heavy atom. The second kappa shape index (κ2) is 10.8. The molecule has 0 aromatic heterocycles. The van der Waals surface area contributed by atoms with E-state index < -0.39 is 0 Å². The molecule has 0 aliphatic carbocycles. The molecule has 0 spiro atoms. The summed E-state index contributed by atoms with van der Waals surface area (Å²) in [6.45, 7) is 0.983. The number of ketones is 1. The van der Waals surface area contributed by atoms with Crippen LogP contribution in [0.4, 0.5) is 5.69 Å². The van der Waals surface area contributed by atoms with Gasteiger partial charge < -0.3 is 14.4 Å². The van der Waals surface area contributed by atoms with Gasteiger partial charge in [-0.25, -0.2) is 0 Å². The van der Waals surface area contributed by atoms with Crippen LogP contribution < -0.4 is 14.4 Å². The van der Waals surface area contributed by atoms with Gasteiger partial charge in [-0.15, -0.1) is 0 Å². The first-order valence-corrected chi connectivity index (χ1v) is 11.4. The number of nitrogens with zero attached hydrogens (tertiary/aromatic N) is 2. The van der Waals surface area contributed by atoms with Crippen molar-refractivity contribution >= 4 is 17.3 Å². The van der Waals surface area contributed by atoms with Crippen molar-refractivity contribution in [3.05, 3.63) is 78.4 Å². The summed E-state index contributed by atoms with van der Waals surface area (Å²) in [5, 5.41) is 0. The van der Waals surface area contributed by atoms with Crippen molar-refractivity contribution in [3.63, 3.8) is 0 Å². The van der Waals surface area contributed by atoms with E-state index in [2.05, 4.69) is 12.1 Å². The van der Waals surface area contributed by atoms with Crippen molar-refractivity contribution in [1.82, 2.24) is 0 Å². The lowest BCUT2D eigenvalue weighted by Crippen LogP contribution is -2.36. The van der Waals surface area contributed by atoms with E-state index in [-0.39, 0.29) is 12.3 Å². The maximum absolute atomic E-state index is 13.4. The van der Waals surface area contributed by atoms with Gasteiger partial charge in [-0.2, -0.15) is 0 Å². The van der Waals surface area contributed by atoms with E-state index >= 15 is 0 Å². The van der Waals surface area contributed by atoms with E-state index in [1.54, 1.807) is 14.2 Å². The minimum absolute atomic E-state index is 0.0411. The average molecular weight is 443 g/mol. The molecule has 0 bridgehead atoms. The van der Waals surface area contributed by atoms with Crippen molar-refractivity contribution in [2.24, 2.45) is 4.99 Å². The fourth-order valence-corrected chi connectivity index (χ4v) is 4.12. The predicted octanol–water partition coefficient (Wildman–Crippen LogP) is 6.03. The topological polar surface area (TPSA) is 51.1 Å². The van der Waals surface area contributed by atoms with Crippen LogP contribution in [-0.2, 0) is 0 Å². The Hall–Kier alpha value is -3.60. The van der Waals surface area contributed by atoms with Gasteiger partial charge in [0.1, 0.15) is 17.3 Å². The van der Waals surface area contributed by atoms with E-state index in [1.165, 1.54) is 0 Å². The first-order valence-electron chi connectivity index (χ1n) is 11.4. The number of benzene rings is 3. The predicted molar refractivity (Wildman–Crippen MR) is 134 cm³/mol. The molecule has 1 aliphatic rings. The highest BCUT2D eigenvalue weighted by Gasteiger charge is 2.23. The van der Waals surface area contributed by atoms with Gasteiger partial charge in [0.15, 0.2) is 5.78 Å². The van der Waals surface area contributed by atoms with Gasteiger partial charge in [-0.3, -0.25) is 9.79 Å². The zero-order valence-corrected chi connectivity index (χ0v) is 19.3. The van der Waals surface area contributed by atoms with Crippen LogP contribution in [0.3, 0.4) is 0 Å². The SMILES string of the molecule is COc1ccc(N(CC(=O)c2ccc(-c3ccccc3)cc2)C2=NCCCCC2)c(OC)c1. The molecule has 3 aromatic rings. The lowest BCUT2D eigenvalue weighted by Gasteiger charge is -2.27. The van der Waals surface area contributed by atoms with E-state index in [0.29, 0.717) is 17.1 Å². The van der Waals surface area contributed by atoms with E-state index in [4.69, 9.17) is 14.5 Å². The van der Waals surface area contributed by atoms with Crippen LogP contribution >= 0.6 is 0 Å². The summed E-state index contributed by atoms with van der Waals surface area (Å²) < 4.78 is 11.0. The van der Waals surface area contributed by atoms with Crippen molar-refractivity contribution < 1.29 is 14.3 Å². The normalized spacial score (nSPS) is 13.6. The van der Waals surface area contributed by atoms with E-state index in [9.17, 15) is 4.79 Å². The maximum atomic E-state index is 13.4. The lowest BCUT2D eigenvalue weighted by atomic mass is 10.0. The molecule has 5 nitrogen and oxygen atoms in total. The monoisotopic (exact) mass is 442 g/mol.